The van der Waals surface area contributed by atoms with E-state index in [4.69, 9.17) is 9.47 Å². The number of likely N-dealkylation sites (tertiary alicyclic amines) is 1. The molecule has 0 radical (unpaired) electrons. The molecular weight excluding hydrogens is 276 g/mol. The molecule has 2 saturated heterocycles. The molecule has 2 aliphatic rings. The number of hydrogen-bond donors (Lipinski definition) is 0. The van der Waals surface area contributed by atoms with Crippen molar-refractivity contribution in [3.05, 3.63) is 29.8 Å². The van der Waals surface area contributed by atoms with Crippen molar-refractivity contribution < 1.29 is 9.47 Å². The minimum absolute atomic E-state index is 0.408. The highest BCUT2D eigenvalue weighted by Gasteiger charge is 2.40. The standard InChI is InChI=1S/C18H24N2O2/c1-21-17-5-3-2-4-16(17)18(14-19)8-10-20(11-9-18)15-6-12-22-13-7-15/h2-5,15H,6-13H2,1H3. The number of para-hydroxylation sites is 1. The van der Waals surface area contributed by atoms with E-state index in [0.717, 1.165) is 63.3 Å². The Bertz CT molecular complexity index is 538. The molecule has 0 bridgehead atoms. The van der Waals surface area contributed by atoms with Crippen LogP contribution in [0.2, 0.25) is 0 Å². The van der Waals surface area contributed by atoms with Gasteiger partial charge in [0, 0.05) is 37.9 Å². The van der Waals surface area contributed by atoms with Gasteiger partial charge in [-0.3, -0.25) is 0 Å². The molecule has 0 unspecified atom stereocenters. The number of nitrogens with zero attached hydrogens (tertiary/aromatic N) is 2. The van der Waals surface area contributed by atoms with Gasteiger partial charge in [0.15, 0.2) is 0 Å². The van der Waals surface area contributed by atoms with E-state index in [0.29, 0.717) is 6.04 Å². The predicted molar refractivity (Wildman–Crippen MR) is 84.9 cm³/mol. The molecule has 2 heterocycles. The third-order valence-electron chi connectivity index (χ3n) is 5.20. The fourth-order valence-electron chi connectivity index (χ4n) is 3.80. The maximum absolute atomic E-state index is 9.87. The van der Waals surface area contributed by atoms with Gasteiger partial charge in [0.25, 0.3) is 0 Å². The van der Waals surface area contributed by atoms with E-state index < -0.39 is 5.41 Å². The van der Waals surface area contributed by atoms with E-state index in [1.807, 2.05) is 24.3 Å². The van der Waals surface area contributed by atoms with Crippen molar-refractivity contribution in [2.75, 3.05) is 33.4 Å². The molecule has 4 heteroatoms. The average Bonchev–Trinajstić information content (AvgIpc) is 2.62. The van der Waals surface area contributed by atoms with Gasteiger partial charge in [0.05, 0.1) is 18.6 Å². The lowest BCUT2D eigenvalue weighted by atomic mass is 9.73. The van der Waals surface area contributed by atoms with Gasteiger partial charge in [-0.2, -0.15) is 5.26 Å². The summed E-state index contributed by atoms with van der Waals surface area (Å²) in [5.41, 5.74) is 0.639. The molecule has 1 aromatic carbocycles. The molecule has 3 rings (SSSR count). The van der Waals surface area contributed by atoms with Crippen molar-refractivity contribution in [3.63, 3.8) is 0 Å². The SMILES string of the molecule is COc1ccccc1C1(C#N)CCN(C2CCOCC2)CC1. The van der Waals surface area contributed by atoms with Crippen LogP contribution in [0, 0.1) is 11.3 Å². The Balaban J connectivity index is 1.75. The summed E-state index contributed by atoms with van der Waals surface area (Å²) in [6.45, 7) is 3.71. The molecule has 4 nitrogen and oxygen atoms in total. The number of benzene rings is 1. The number of piperidine rings is 1. The molecule has 0 aromatic heterocycles. The van der Waals surface area contributed by atoms with Crippen LogP contribution in [0.15, 0.2) is 24.3 Å². The molecule has 2 fully saturated rings. The molecule has 0 spiro atoms. The highest BCUT2D eigenvalue weighted by Crippen LogP contribution is 2.40. The number of rotatable bonds is 3. The third kappa shape index (κ3) is 2.84. The van der Waals surface area contributed by atoms with Crippen LogP contribution in [0.3, 0.4) is 0 Å². The van der Waals surface area contributed by atoms with Crippen LogP contribution in [0.4, 0.5) is 0 Å². The van der Waals surface area contributed by atoms with Crippen LogP contribution in [-0.2, 0) is 10.2 Å². The van der Waals surface area contributed by atoms with Gasteiger partial charge >= 0.3 is 0 Å². The van der Waals surface area contributed by atoms with Gasteiger partial charge in [-0.05, 0) is 31.7 Å². The maximum atomic E-state index is 9.87. The van der Waals surface area contributed by atoms with Crippen molar-refractivity contribution in [3.8, 4) is 11.8 Å². The average molecular weight is 300 g/mol. The number of ether oxygens (including phenoxy) is 2. The summed E-state index contributed by atoms with van der Waals surface area (Å²) in [6, 6.07) is 11.2. The van der Waals surface area contributed by atoms with E-state index in [1.54, 1.807) is 7.11 Å². The first kappa shape index (κ1) is 15.3. The van der Waals surface area contributed by atoms with Crippen LogP contribution in [0.25, 0.3) is 0 Å². The summed E-state index contributed by atoms with van der Waals surface area (Å²) >= 11 is 0. The molecule has 0 aliphatic carbocycles. The largest absolute Gasteiger partial charge is 0.496 e. The Morgan fingerprint density at radius 2 is 1.91 bits per heavy atom. The van der Waals surface area contributed by atoms with E-state index in [2.05, 4.69) is 11.0 Å². The van der Waals surface area contributed by atoms with Gasteiger partial charge in [-0.15, -0.1) is 0 Å². The second-order valence-electron chi connectivity index (χ2n) is 6.27. The van der Waals surface area contributed by atoms with E-state index in [9.17, 15) is 5.26 Å². The summed E-state index contributed by atoms with van der Waals surface area (Å²) in [6.07, 6.45) is 3.99. The lowest BCUT2D eigenvalue weighted by Crippen LogP contribution is -2.48. The Hall–Kier alpha value is -1.57. The fourth-order valence-corrected chi connectivity index (χ4v) is 3.80. The Labute approximate surface area is 132 Å². The van der Waals surface area contributed by atoms with Crippen molar-refractivity contribution in [1.29, 1.82) is 5.26 Å². The number of methoxy groups -OCH3 is 1. The highest BCUT2D eigenvalue weighted by molar-refractivity contribution is 5.44. The van der Waals surface area contributed by atoms with Gasteiger partial charge in [0.1, 0.15) is 5.75 Å². The van der Waals surface area contributed by atoms with Crippen molar-refractivity contribution in [1.82, 2.24) is 4.90 Å². The normalized spacial score (nSPS) is 22.9. The van der Waals surface area contributed by atoms with E-state index in [1.165, 1.54) is 0 Å². The smallest absolute Gasteiger partial charge is 0.123 e. The minimum Gasteiger partial charge on any atom is -0.496 e. The molecule has 0 atom stereocenters. The summed E-state index contributed by atoms with van der Waals surface area (Å²) < 4.78 is 10.9. The Kier molecular flexibility index (Phi) is 4.66. The summed E-state index contributed by atoms with van der Waals surface area (Å²) in [5, 5.41) is 9.87. The molecule has 22 heavy (non-hydrogen) atoms. The van der Waals surface area contributed by atoms with Crippen LogP contribution < -0.4 is 4.74 Å². The highest BCUT2D eigenvalue weighted by atomic mass is 16.5. The topological polar surface area (TPSA) is 45.5 Å². The van der Waals surface area contributed by atoms with Crippen molar-refractivity contribution in [2.45, 2.75) is 37.1 Å². The van der Waals surface area contributed by atoms with Gasteiger partial charge in [0.2, 0.25) is 0 Å². The molecule has 0 saturated carbocycles. The monoisotopic (exact) mass is 300 g/mol. The van der Waals surface area contributed by atoms with E-state index >= 15 is 0 Å². The summed E-state index contributed by atoms with van der Waals surface area (Å²) in [5.74, 6) is 0.837. The van der Waals surface area contributed by atoms with Crippen molar-refractivity contribution in [2.24, 2.45) is 0 Å². The minimum atomic E-state index is -0.408. The number of hydrogen-bond acceptors (Lipinski definition) is 4. The summed E-state index contributed by atoms with van der Waals surface area (Å²) in [4.78, 5) is 2.55. The zero-order valence-electron chi connectivity index (χ0n) is 13.3. The Morgan fingerprint density at radius 3 is 2.55 bits per heavy atom. The second-order valence-corrected chi connectivity index (χ2v) is 6.27. The lowest BCUT2D eigenvalue weighted by Gasteiger charge is -2.42. The van der Waals surface area contributed by atoms with Gasteiger partial charge < -0.3 is 14.4 Å². The lowest BCUT2D eigenvalue weighted by molar-refractivity contribution is 0.0212. The Morgan fingerprint density at radius 1 is 1.23 bits per heavy atom. The fraction of sp³-hybridized carbons (Fsp3) is 0.611. The molecule has 1 aromatic rings. The molecule has 0 amide bonds. The quantitative estimate of drug-likeness (QED) is 0.861. The number of nitriles is 1. The van der Waals surface area contributed by atoms with Gasteiger partial charge in [-0.25, -0.2) is 0 Å². The molecule has 0 N–H and O–H groups in total. The second kappa shape index (κ2) is 6.68. The first-order valence-corrected chi connectivity index (χ1v) is 8.15. The molecular formula is C18H24N2O2. The van der Waals surface area contributed by atoms with E-state index in [-0.39, 0.29) is 0 Å². The first-order chi connectivity index (χ1) is 10.8. The molecule has 2 aliphatic heterocycles. The molecule has 118 valence electrons. The van der Waals surface area contributed by atoms with Gasteiger partial charge in [-0.1, -0.05) is 18.2 Å². The maximum Gasteiger partial charge on any atom is 0.123 e. The van der Waals surface area contributed by atoms with Crippen LogP contribution in [0.1, 0.15) is 31.2 Å². The third-order valence-corrected chi connectivity index (χ3v) is 5.20. The summed E-state index contributed by atoms with van der Waals surface area (Å²) in [7, 11) is 1.68. The first-order valence-electron chi connectivity index (χ1n) is 8.15. The van der Waals surface area contributed by atoms with Crippen LogP contribution >= 0.6 is 0 Å². The zero-order valence-corrected chi connectivity index (χ0v) is 13.3. The predicted octanol–water partition coefficient (Wildman–Crippen LogP) is 2.73. The van der Waals surface area contributed by atoms with Crippen molar-refractivity contribution >= 4 is 0 Å². The van der Waals surface area contributed by atoms with Crippen LogP contribution in [0.5, 0.6) is 5.75 Å². The van der Waals surface area contributed by atoms with Crippen LogP contribution in [-0.4, -0.2) is 44.4 Å². The zero-order chi connectivity index (χ0) is 15.4.